The van der Waals surface area contributed by atoms with E-state index in [0.717, 1.165) is 0 Å². The fourth-order valence-electron chi connectivity index (χ4n) is 5.14. The number of β-lactam (4-membered cyclic amide) rings is 1. The quantitative estimate of drug-likeness (QED) is 0.174. The fraction of sp³-hybridized carbons (Fsp3) is 0.167. The number of amides is 1. The zero-order chi connectivity index (χ0) is 27.7. The van der Waals surface area contributed by atoms with Crippen LogP contribution in [0.1, 0.15) is 36.1 Å². The van der Waals surface area contributed by atoms with Crippen molar-refractivity contribution in [3.8, 4) is 16.9 Å². The van der Waals surface area contributed by atoms with E-state index in [9.17, 15) is 28.0 Å². The van der Waals surface area contributed by atoms with Gasteiger partial charge in [0.05, 0.1) is 18.1 Å². The summed E-state index contributed by atoms with van der Waals surface area (Å²) >= 11 is 5.95. The predicted octanol–water partition coefficient (Wildman–Crippen LogP) is 6.18. The van der Waals surface area contributed by atoms with E-state index >= 15 is 0 Å². The van der Waals surface area contributed by atoms with Crippen molar-refractivity contribution in [2.24, 2.45) is 5.92 Å². The van der Waals surface area contributed by atoms with Crippen molar-refractivity contribution >= 4 is 33.3 Å². The number of hydrogen-bond acceptors (Lipinski definition) is 5. The van der Waals surface area contributed by atoms with Gasteiger partial charge in [-0.05, 0) is 60.4 Å². The SMILES string of the molecule is O=C1C(CCC(O)c2ccc(Cl)cc2)C(c2ccc(-c3ccccc3S(=O)(=O)O)cc2O)N1c1ccccc1. The molecule has 1 fully saturated rings. The molecule has 4 aromatic rings. The van der Waals surface area contributed by atoms with Crippen LogP contribution in [0.2, 0.25) is 5.02 Å². The number of carbonyl (C=O) groups excluding carboxylic acids is 1. The van der Waals surface area contributed by atoms with Crippen LogP contribution in [0, 0.1) is 5.92 Å². The Bertz CT molecular complexity index is 1610. The first-order chi connectivity index (χ1) is 18.6. The highest BCUT2D eigenvalue weighted by Gasteiger charge is 2.49. The van der Waals surface area contributed by atoms with Gasteiger partial charge in [-0.15, -0.1) is 0 Å². The first kappa shape index (κ1) is 26.9. The Kier molecular flexibility index (Phi) is 7.46. The molecule has 3 unspecified atom stereocenters. The van der Waals surface area contributed by atoms with Gasteiger partial charge in [0.1, 0.15) is 10.6 Å². The van der Waals surface area contributed by atoms with E-state index in [2.05, 4.69) is 0 Å². The van der Waals surface area contributed by atoms with Gasteiger partial charge in [0.2, 0.25) is 5.91 Å². The zero-order valence-electron chi connectivity index (χ0n) is 20.7. The lowest BCUT2D eigenvalue weighted by Gasteiger charge is -2.48. The van der Waals surface area contributed by atoms with Gasteiger partial charge < -0.3 is 15.1 Å². The lowest BCUT2D eigenvalue weighted by Crippen LogP contribution is -2.55. The Balaban J connectivity index is 1.47. The minimum Gasteiger partial charge on any atom is -0.508 e. The van der Waals surface area contributed by atoms with Gasteiger partial charge >= 0.3 is 0 Å². The zero-order valence-corrected chi connectivity index (χ0v) is 22.3. The van der Waals surface area contributed by atoms with E-state index < -0.39 is 28.2 Å². The van der Waals surface area contributed by atoms with E-state index in [4.69, 9.17) is 11.6 Å². The van der Waals surface area contributed by atoms with Crippen LogP contribution in [0.5, 0.6) is 5.75 Å². The van der Waals surface area contributed by atoms with Crippen molar-refractivity contribution in [2.45, 2.75) is 29.9 Å². The second-order valence-corrected chi connectivity index (χ2v) is 11.3. The molecule has 3 atom stereocenters. The summed E-state index contributed by atoms with van der Waals surface area (Å²) < 4.78 is 33.4. The Morgan fingerprint density at radius 2 is 1.56 bits per heavy atom. The molecule has 0 bridgehead atoms. The third-order valence-corrected chi connectivity index (χ3v) is 8.24. The van der Waals surface area contributed by atoms with E-state index in [0.29, 0.717) is 40.2 Å². The number of nitrogens with zero attached hydrogens (tertiary/aromatic N) is 1. The van der Waals surface area contributed by atoms with Crippen LogP contribution in [0.25, 0.3) is 11.1 Å². The van der Waals surface area contributed by atoms with E-state index in [1.54, 1.807) is 53.4 Å². The normalized spacial score (nSPS) is 18.0. The number of para-hydroxylation sites is 1. The number of rotatable bonds is 8. The molecule has 9 heteroatoms. The van der Waals surface area contributed by atoms with Crippen molar-refractivity contribution in [1.29, 1.82) is 0 Å². The standard InChI is InChI=1S/C30H26ClNO6S/c31-21-13-10-19(11-14-21)26(33)17-16-25-29(32(30(25)35)22-6-2-1-3-7-22)24-15-12-20(18-27(24)34)23-8-4-5-9-28(23)39(36,37)38/h1-15,18,25-26,29,33-34H,16-17H2,(H,36,37,38). The first-order valence-electron chi connectivity index (χ1n) is 12.4. The largest absolute Gasteiger partial charge is 0.508 e. The summed E-state index contributed by atoms with van der Waals surface area (Å²) in [5, 5.41) is 22.4. The summed E-state index contributed by atoms with van der Waals surface area (Å²) in [4.78, 5) is 14.7. The van der Waals surface area contributed by atoms with Gasteiger partial charge in [0.15, 0.2) is 0 Å². The number of halogens is 1. The van der Waals surface area contributed by atoms with Crippen LogP contribution in [-0.4, -0.2) is 29.1 Å². The number of benzene rings is 4. The molecular formula is C30H26ClNO6S. The summed E-state index contributed by atoms with van der Waals surface area (Å²) in [6.07, 6.45) is -0.0735. The molecule has 0 saturated carbocycles. The smallest absolute Gasteiger partial charge is 0.295 e. The highest BCUT2D eigenvalue weighted by Crippen LogP contribution is 2.49. The lowest BCUT2D eigenvalue weighted by atomic mass is 9.77. The molecule has 1 saturated heterocycles. The van der Waals surface area contributed by atoms with Crippen LogP contribution in [0.3, 0.4) is 0 Å². The van der Waals surface area contributed by atoms with Crippen LogP contribution in [0.4, 0.5) is 5.69 Å². The van der Waals surface area contributed by atoms with Crippen molar-refractivity contribution in [3.05, 3.63) is 113 Å². The maximum Gasteiger partial charge on any atom is 0.295 e. The van der Waals surface area contributed by atoms with E-state index in [1.165, 1.54) is 18.2 Å². The maximum atomic E-state index is 13.3. The summed E-state index contributed by atoms with van der Waals surface area (Å²) in [6, 6.07) is 26.3. The summed E-state index contributed by atoms with van der Waals surface area (Å²) in [6.45, 7) is 0. The first-order valence-corrected chi connectivity index (χ1v) is 14.2. The molecular weight excluding hydrogens is 538 g/mol. The molecule has 3 N–H and O–H groups in total. The van der Waals surface area contributed by atoms with Crippen molar-refractivity contribution in [3.63, 3.8) is 0 Å². The number of aliphatic hydroxyl groups excluding tert-OH is 1. The summed E-state index contributed by atoms with van der Waals surface area (Å²) in [7, 11) is -4.48. The molecule has 5 rings (SSSR count). The molecule has 39 heavy (non-hydrogen) atoms. The summed E-state index contributed by atoms with van der Waals surface area (Å²) in [5.41, 5.74) is 2.53. The number of anilines is 1. The fourth-order valence-corrected chi connectivity index (χ4v) is 5.98. The third-order valence-electron chi connectivity index (χ3n) is 7.08. The molecule has 1 aliphatic heterocycles. The number of phenolic OH excluding ortho intramolecular Hbond substituents is 1. The molecule has 200 valence electrons. The van der Waals surface area contributed by atoms with Crippen LogP contribution < -0.4 is 4.90 Å². The van der Waals surface area contributed by atoms with Crippen LogP contribution >= 0.6 is 11.6 Å². The average molecular weight is 564 g/mol. The van der Waals surface area contributed by atoms with Crippen LogP contribution in [-0.2, 0) is 14.9 Å². The number of hydrogen-bond donors (Lipinski definition) is 3. The van der Waals surface area contributed by atoms with Crippen molar-refractivity contribution < 1.29 is 28.0 Å². The molecule has 0 spiro atoms. The number of carbonyl (C=O) groups is 1. The maximum absolute atomic E-state index is 13.3. The van der Waals surface area contributed by atoms with Crippen LogP contribution in [0.15, 0.2) is 102 Å². The highest BCUT2D eigenvalue weighted by atomic mass is 35.5. The molecule has 1 amide bonds. The minimum atomic E-state index is -4.48. The summed E-state index contributed by atoms with van der Waals surface area (Å²) in [5.74, 6) is -0.719. The Labute approximate surface area is 231 Å². The average Bonchev–Trinajstić information content (AvgIpc) is 2.92. The molecule has 0 radical (unpaired) electrons. The molecule has 0 aromatic heterocycles. The van der Waals surface area contributed by atoms with Gasteiger partial charge in [-0.3, -0.25) is 9.35 Å². The Morgan fingerprint density at radius 3 is 2.23 bits per heavy atom. The molecule has 0 aliphatic carbocycles. The molecule has 1 heterocycles. The molecule has 7 nitrogen and oxygen atoms in total. The van der Waals surface area contributed by atoms with Gasteiger partial charge in [-0.2, -0.15) is 8.42 Å². The van der Waals surface area contributed by atoms with Gasteiger partial charge in [0.25, 0.3) is 10.1 Å². The highest BCUT2D eigenvalue weighted by molar-refractivity contribution is 7.86. The third kappa shape index (κ3) is 5.42. The van der Waals surface area contributed by atoms with E-state index in [1.807, 2.05) is 30.3 Å². The van der Waals surface area contributed by atoms with Gasteiger partial charge in [-0.1, -0.05) is 72.3 Å². The number of phenols is 1. The topological polar surface area (TPSA) is 115 Å². The van der Waals surface area contributed by atoms with Gasteiger partial charge in [-0.25, -0.2) is 0 Å². The number of aromatic hydroxyl groups is 1. The monoisotopic (exact) mass is 563 g/mol. The van der Waals surface area contributed by atoms with Crippen molar-refractivity contribution in [2.75, 3.05) is 4.90 Å². The van der Waals surface area contributed by atoms with Crippen molar-refractivity contribution in [1.82, 2.24) is 0 Å². The second kappa shape index (κ2) is 10.8. The molecule has 1 aliphatic rings. The lowest BCUT2D eigenvalue weighted by molar-refractivity contribution is -0.131. The predicted molar refractivity (Wildman–Crippen MR) is 149 cm³/mol. The Morgan fingerprint density at radius 1 is 0.897 bits per heavy atom. The minimum absolute atomic E-state index is 0.112. The van der Waals surface area contributed by atoms with Gasteiger partial charge in [0, 0.05) is 21.8 Å². The molecule has 4 aromatic carbocycles. The Hall–Kier alpha value is -3.69. The van der Waals surface area contributed by atoms with E-state index in [-0.39, 0.29) is 22.1 Å². The second-order valence-electron chi connectivity index (χ2n) is 9.48. The number of aliphatic hydroxyl groups is 1.